The molecule has 0 aliphatic rings. The van der Waals surface area contributed by atoms with Crippen LogP contribution in [-0.4, -0.2) is 35.9 Å². The molecule has 0 saturated carbocycles. The maximum Gasteiger partial charge on any atom is 0.261 e. The van der Waals surface area contributed by atoms with E-state index in [2.05, 4.69) is 21.2 Å². The van der Waals surface area contributed by atoms with Crippen molar-refractivity contribution in [2.75, 3.05) is 13.2 Å². The number of carbonyl (C=O) groups is 2. The van der Waals surface area contributed by atoms with E-state index < -0.39 is 6.04 Å². The first-order valence-corrected chi connectivity index (χ1v) is 10.7. The molecular weight excluding hydrogens is 456 g/mol. The van der Waals surface area contributed by atoms with Crippen molar-refractivity contribution in [2.45, 2.75) is 39.8 Å². The van der Waals surface area contributed by atoms with Crippen molar-refractivity contribution in [3.63, 3.8) is 0 Å². The number of carbonyl (C=O) groups excluding carboxylic acids is 2. The molecule has 0 aromatic heterocycles. The highest BCUT2D eigenvalue weighted by Gasteiger charge is 2.26. The Balaban J connectivity index is 2.13. The second-order valence-electron chi connectivity index (χ2n) is 6.81. The molecule has 0 aliphatic heterocycles. The monoisotopic (exact) mass is 480 g/mol. The van der Waals surface area contributed by atoms with Gasteiger partial charge in [0.15, 0.2) is 6.61 Å². The molecule has 0 bridgehead atoms. The van der Waals surface area contributed by atoms with E-state index >= 15 is 0 Å². The quantitative estimate of drug-likeness (QED) is 0.563. The number of ether oxygens (including phenoxy) is 1. The van der Waals surface area contributed by atoms with Crippen molar-refractivity contribution in [2.24, 2.45) is 0 Å². The molecule has 0 unspecified atom stereocenters. The van der Waals surface area contributed by atoms with Crippen molar-refractivity contribution < 1.29 is 14.3 Å². The predicted octanol–water partition coefficient (Wildman–Crippen LogP) is 4.73. The Bertz CT molecular complexity index is 842. The zero-order valence-electron chi connectivity index (χ0n) is 16.9. The maximum atomic E-state index is 12.9. The lowest BCUT2D eigenvalue weighted by Crippen LogP contribution is -2.49. The lowest BCUT2D eigenvalue weighted by atomic mass is 10.1. The lowest BCUT2D eigenvalue weighted by Gasteiger charge is -2.28. The Morgan fingerprint density at radius 3 is 2.52 bits per heavy atom. The molecule has 0 aliphatic carbocycles. The van der Waals surface area contributed by atoms with Gasteiger partial charge in [-0.05, 0) is 61.7 Å². The third-order valence-corrected chi connectivity index (χ3v) is 5.43. The summed E-state index contributed by atoms with van der Waals surface area (Å²) in [7, 11) is 0. The van der Waals surface area contributed by atoms with Crippen molar-refractivity contribution in [3.05, 3.63) is 63.1 Å². The normalized spacial score (nSPS) is 11.6. The van der Waals surface area contributed by atoms with Gasteiger partial charge in [-0.3, -0.25) is 9.59 Å². The Morgan fingerprint density at radius 2 is 1.90 bits per heavy atom. The molecule has 0 heterocycles. The zero-order valence-corrected chi connectivity index (χ0v) is 19.2. The van der Waals surface area contributed by atoms with Gasteiger partial charge in [-0.2, -0.15) is 0 Å². The van der Waals surface area contributed by atoms with Crippen LogP contribution in [0, 0.1) is 6.92 Å². The van der Waals surface area contributed by atoms with Gasteiger partial charge in [0.25, 0.3) is 5.91 Å². The van der Waals surface area contributed by atoms with Gasteiger partial charge >= 0.3 is 0 Å². The summed E-state index contributed by atoms with van der Waals surface area (Å²) >= 11 is 9.44. The van der Waals surface area contributed by atoms with Crippen LogP contribution in [0.2, 0.25) is 5.02 Å². The number of hydrogen-bond donors (Lipinski definition) is 1. The molecule has 0 saturated heterocycles. The van der Waals surface area contributed by atoms with Gasteiger partial charge < -0.3 is 15.0 Å². The van der Waals surface area contributed by atoms with Crippen molar-refractivity contribution in [1.29, 1.82) is 0 Å². The molecule has 1 atom stereocenters. The summed E-state index contributed by atoms with van der Waals surface area (Å²) in [5.41, 5.74) is 1.80. The van der Waals surface area contributed by atoms with Gasteiger partial charge in [-0.15, -0.1) is 0 Å². The number of benzene rings is 2. The molecule has 156 valence electrons. The number of nitrogens with zero attached hydrogens (tertiary/aromatic N) is 1. The first-order chi connectivity index (χ1) is 13.8. The largest absolute Gasteiger partial charge is 0.484 e. The van der Waals surface area contributed by atoms with E-state index in [4.69, 9.17) is 16.3 Å². The van der Waals surface area contributed by atoms with Crippen LogP contribution in [0.1, 0.15) is 31.4 Å². The second-order valence-corrected chi connectivity index (χ2v) is 8.14. The topological polar surface area (TPSA) is 58.6 Å². The van der Waals surface area contributed by atoms with E-state index in [1.54, 1.807) is 25.1 Å². The molecule has 0 radical (unpaired) electrons. The summed E-state index contributed by atoms with van der Waals surface area (Å²) in [6.07, 6.45) is 0.831. The number of aryl methyl sites for hydroxylation is 1. The second kappa shape index (κ2) is 11.2. The standard InChI is InChI=1S/C22H26BrClN2O3/c1-4-11-25-22(28)16(3)26(13-17-5-7-18(23)8-6-17)21(27)14-29-19-9-10-20(24)15(2)12-19/h5-10,12,16H,4,11,13-14H2,1-3H3,(H,25,28)/t16-/m0/s1. The third kappa shape index (κ3) is 7.05. The van der Waals surface area contributed by atoms with E-state index in [0.29, 0.717) is 23.9 Å². The van der Waals surface area contributed by atoms with E-state index in [1.807, 2.05) is 38.1 Å². The van der Waals surface area contributed by atoms with Crippen molar-refractivity contribution in [1.82, 2.24) is 10.2 Å². The molecule has 2 aromatic carbocycles. The molecule has 1 N–H and O–H groups in total. The highest BCUT2D eigenvalue weighted by Crippen LogP contribution is 2.21. The molecule has 2 aromatic rings. The van der Waals surface area contributed by atoms with Gasteiger partial charge in [-0.1, -0.05) is 46.6 Å². The number of nitrogens with one attached hydrogen (secondary N) is 1. The molecule has 5 nitrogen and oxygen atoms in total. The smallest absolute Gasteiger partial charge is 0.261 e. The van der Waals surface area contributed by atoms with Crippen LogP contribution in [0.4, 0.5) is 0 Å². The predicted molar refractivity (Wildman–Crippen MR) is 119 cm³/mol. The van der Waals surface area contributed by atoms with Crippen molar-refractivity contribution in [3.8, 4) is 5.75 Å². The SMILES string of the molecule is CCCNC(=O)[C@H](C)N(Cc1ccc(Br)cc1)C(=O)COc1ccc(Cl)c(C)c1. The number of rotatable bonds is 9. The van der Waals surface area contributed by atoms with Gasteiger partial charge in [-0.25, -0.2) is 0 Å². The fourth-order valence-electron chi connectivity index (χ4n) is 2.70. The minimum absolute atomic E-state index is 0.164. The van der Waals surface area contributed by atoms with Crippen LogP contribution >= 0.6 is 27.5 Å². The van der Waals surface area contributed by atoms with Crippen LogP contribution in [0.5, 0.6) is 5.75 Å². The van der Waals surface area contributed by atoms with Crippen LogP contribution < -0.4 is 10.1 Å². The first-order valence-electron chi connectivity index (χ1n) is 9.52. The fourth-order valence-corrected chi connectivity index (χ4v) is 3.08. The third-order valence-electron chi connectivity index (χ3n) is 4.47. The highest BCUT2D eigenvalue weighted by atomic mass is 79.9. The van der Waals surface area contributed by atoms with Gasteiger partial charge in [0, 0.05) is 22.6 Å². The molecule has 0 fully saturated rings. The van der Waals surface area contributed by atoms with Crippen LogP contribution in [0.3, 0.4) is 0 Å². The number of amides is 2. The van der Waals surface area contributed by atoms with Crippen LogP contribution in [0.25, 0.3) is 0 Å². The Hall–Kier alpha value is -2.05. The summed E-state index contributed by atoms with van der Waals surface area (Å²) in [6, 6.07) is 12.3. The number of hydrogen-bond acceptors (Lipinski definition) is 3. The van der Waals surface area contributed by atoms with E-state index in [1.165, 1.54) is 4.90 Å². The zero-order chi connectivity index (χ0) is 21.4. The van der Waals surface area contributed by atoms with Crippen LogP contribution in [-0.2, 0) is 16.1 Å². The molecule has 2 rings (SSSR count). The average molecular weight is 482 g/mol. The average Bonchev–Trinajstić information content (AvgIpc) is 2.71. The van der Waals surface area contributed by atoms with E-state index in [-0.39, 0.29) is 18.4 Å². The first kappa shape index (κ1) is 23.2. The maximum absolute atomic E-state index is 12.9. The molecule has 0 spiro atoms. The molecule has 2 amide bonds. The Kier molecular flexibility index (Phi) is 8.99. The van der Waals surface area contributed by atoms with Gasteiger partial charge in [0.05, 0.1) is 0 Å². The fraction of sp³-hybridized carbons (Fsp3) is 0.364. The minimum Gasteiger partial charge on any atom is -0.484 e. The Labute approximate surface area is 185 Å². The number of halogens is 2. The summed E-state index contributed by atoms with van der Waals surface area (Å²) in [5.74, 6) is 0.117. The summed E-state index contributed by atoms with van der Waals surface area (Å²) < 4.78 is 6.62. The van der Waals surface area contributed by atoms with Gasteiger partial charge in [0.1, 0.15) is 11.8 Å². The lowest BCUT2D eigenvalue weighted by molar-refractivity contribution is -0.142. The molecular formula is C22H26BrClN2O3. The van der Waals surface area contributed by atoms with Crippen molar-refractivity contribution >= 4 is 39.3 Å². The summed E-state index contributed by atoms with van der Waals surface area (Å²) in [6.45, 7) is 6.31. The summed E-state index contributed by atoms with van der Waals surface area (Å²) in [4.78, 5) is 27.0. The highest BCUT2D eigenvalue weighted by molar-refractivity contribution is 9.10. The van der Waals surface area contributed by atoms with E-state index in [0.717, 1.165) is 22.0 Å². The van der Waals surface area contributed by atoms with Crippen LogP contribution in [0.15, 0.2) is 46.9 Å². The minimum atomic E-state index is -0.617. The molecule has 29 heavy (non-hydrogen) atoms. The van der Waals surface area contributed by atoms with E-state index in [9.17, 15) is 9.59 Å². The molecule has 7 heteroatoms. The summed E-state index contributed by atoms with van der Waals surface area (Å²) in [5, 5.41) is 3.49. The van der Waals surface area contributed by atoms with Gasteiger partial charge in [0.2, 0.25) is 5.91 Å². The Morgan fingerprint density at radius 1 is 1.21 bits per heavy atom.